The van der Waals surface area contributed by atoms with Crippen molar-refractivity contribution >= 4 is 10.4 Å². The van der Waals surface area contributed by atoms with Gasteiger partial charge in [-0.05, 0) is 170 Å². The number of aliphatic hydroxyl groups is 2. The number of hydrogen-bond donors (Lipinski definition) is 6. The van der Waals surface area contributed by atoms with Crippen LogP contribution in [-0.4, -0.2) is 73.2 Å². The molecule has 4 aliphatic rings. The molecule has 4 saturated carbocycles. The van der Waals surface area contributed by atoms with Crippen LogP contribution in [0.1, 0.15) is 118 Å². The minimum absolute atomic E-state index is 0.174. The van der Waals surface area contributed by atoms with E-state index in [0.29, 0.717) is 53.4 Å². The third-order valence-corrected chi connectivity index (χ3v) is 13.9. The molecule has 10 heteroatoms. The Morgan fingerprint density at radius 1 is 0.955 bits per heavy atom. The minimum Gasteiger partial charge on any atom is -0.393 e. The second-order valence-corrected chi connectivity index (χ2v) is 17.3. The predicted octanol–water partition coefficient (Wildman–Crippen LogP) is 4.67. The van der Waals surface area contributed by atoms with Gasteiger partial charge in [0.25, 0.3) is 0 Å². The van der Waals surface area contributed by atoms with E-state index in [1.54, 1.807) is 0 Å². The Bertz CT molecular complexity index is 1030. The van der Waals surface area contributed by atoms with Gasteiger partial charge in [-0.1, -0.05) is 20.8 Å². The highest BCUT2D eigenvalue weighted by Gasteiger charge is 2.62. The Morgan fingerprint density at radius 2 is 1.64 bits per heavy atom. The Labute approximate surface area is 268 Å². The van der Waals surface area contributed by atoms with Gasteiger partial charge < -0.3 is 26.6 Å². The smallest absolute Gasteiger partial charge is 0.393 e. The number of rotatable bonds is 16. The van der Waals surface area contributed by atoms with Crippen LogP contribution < -0.4 is 16.4 Å². The monoisotopic (exact) mass is 643 g/mol. The number of nitrogens with two attached hydrogens (primary N) is 1. The summed E-state index contributed by atoms with van der Waals surface area (Å²) < 4.78 is 36.4. The topological polar surface area (TPSA) is 154 Å². The molecule has 4 rings (SSSR count). The highest BCUT2D eigenvalue weighted by atomic mass is 32.3. The zero-order chi connectivity index (χ0) is 32.3. The van der Waals surface area contributed by atoms with Crippen molar-refractivity contribution in [2.24, 2.45) is 52.1 Å². The molecule has 258 valence electrons. The maximum atomic E-state index is 11.8. The van der Waals surface area contributed by atoms with Gasteiger partial charge in [-0.25, -0.2) is 4.18 Å². The molecular weight excluding hydrogens is 578 g/mol. The first-order chi connectivity index (χ1) is 20.6. The lowest BCUT2D eigenvalue weighted by molar-refractivity contribution is -0.167. The molecule has 0 radical (unpaired) electrons. The van der Waals surface area contributed by atoms with E-state index in [9.17, 15) is 18.6 Å². The molecule has 0 aromatic rings. The first-order valence-corrected chi connectivity index (χ1v) is 19.2. The van der Waals surface area contributed by atoms with Crippen molar-refractivity contribution in [2.45, 2.75) is 142 Å². The van der Waals surface area contributed by atoms with Gasteiger partial charge in [-0.15, -0.1) is 0 Å². The van der Waals surface area contributed by atoms with Crippen LogP contribution in [0.4, 0.5) is 0 Å². The fourth-order valence-corrected chi connectivity index (χ4v) is 11.4. The number of hydrogen-bond acceptors (Lipinski definition) is 8. The van der Waals surface area contributed by atoms with Crippen molar-refractivity contribution in [1.29, 1.82) is 0 Å². The fourth-order valence-electron chi connectivity index (χ4n) is 10.7. The van der Waals surface area contributed by atoms with Crippen molar-refractivity contribution in [3.05, 3.63) is 0 Å². The van der Waals surface area contributed by atoms with Gasteiger partial charge >= 0.3 is 10.4 Å². The summed E-state index contributed by atoms with van der Waals surface area (Å²) in [5.41, 5.74) is 4.67. The molecule has 0 heterocycles. The molecule has 0 aromatic carbocycles. The average molecular weight is 644 g/mol. The quantitative estimate of drug-likeness (QED) is 0.104. The maximum Gasteiger partial charge on any atom is 0.397 e. The average Bonchev–Trinajstić information content (AvgIpc) is 3.29. The van der Waals surface area contributed by atoms with Crippen LogP contribution in [0.15, 0.2) is 0 Å². The predicted molar refractivity (Wildman–Crippen MR) is 175 cm³/mol. The van der Waals surface area contributed by atoms with E-state index < -0.39 is 22.1 Å². The molecule has 9 nitrogen and oxygen atoms in total. The van der Waals surface area contributed by atoms with Gasteiger partial charge in [0.2, 0.25) is 0 Å². The molecule has 0 aliphatic heterocycles. The summed E-state index contributed by atoms with van der Waals surface area (Å²) >= 11 is 0. The molecule has 0 amide bonds. The summed E-state index contributed by atoms with van der Waals surface area (Å²) in [6, 6.07) is 0.558. The van der Waals surface area contributed by atoms with Crippen LogP contribution in [0.5, 0.6) is 0 Å². The fraction of sp³-hybridized carbons (Fsp3) is 1.00. The molecule has 0 saturated heterocycles. The van der Waals surface area contributed by atoms with Gasteiger partial charge in [0.15, 0.2) is 0 Å². The highest BCUT2D eigenvalue weighted by Crippen LogP contribution is 2.68. The molecule has 4 fully saturated rings. The molecule has 0 aromatic heterocycles. The zero-order valence-corrected chi connectivity index (χ0v) is 29.1. The molecule has 5 unspecified atom stereocenters. The van der Waals surface area contributed by atoms with Crippen molar-refractivity contribution in [1.82, 2.24) is 10.6 Å². The van der Waals surface area contributed by atoms with Crippen molar-refractivity contribution in [3.63, 3.8) is 0 Å². The maximum absolute atomic E-state index is 11.8. The molecule has 0 spiro atoms. The van der Waals surface area contributed by atoms with Crippen molar-refractivity contribution in [3.8, 4) is 0 Å². The van der Waals surface area contributed by atoms with E-state index in [-0.39, 0.29) is 11.5 Å². The molecule has 11 atom stereocenters. The number of nitrogens with one attached hydrogen (secondary N) is 2. The molecule has 44 heavy (non-hydrogen) atoms. The number of fused-ring (bicyclic) bond motifs is 5. The standard InChI is InChI=1S/C34H65N3O6S/c1-23(9-12-30(39)32(2,3)43-44(40,41)42)26-10-11-27-31-28(14-16-34(26,27)5)33(4)15-13-25(21-24(33)22-29(31)38)37-20-8-19-36-18-7-6-17-35/h23-31,36-39H,6-22,35H2,1-5H3,(H,40,41,42)/t23?,24-,25+,26-,27?,28?,29-,30?,31?,33+,34-/m1/s1. The Morgan fingerprint density at radius 3 is 2.34 bits per heavy atom. The number of unbranched alkanes of at least 4 members (excludes halogenated alkanes) is 1. The number of aliphatic hydroxyl groups excluding tert-OH is 2. The molecule has 4 aliphatic carbocycles. The van der Waals surface area contributed by atoms with E-state index in [1.165, 1.54) is 46.0 Å². The Kier molecular flexibility index (Phi) is 12.3. The van der Waals surface area contributed by atoms with E-state index >= 15 is 0 Å². The Balaban J connectivity index is 1.31. The first-order valence-electron chi connectivity index (χ1n) is 17.8. The summed E-state index contributed by atoms with van der Waals surface area (Å²) in [7, 11) is -4.64. The van der Waals surface area contributed by atoms with Crippen LogP contribution in [0.3, 0.4) is 0 Å². The van der Waals surface area contributed by atoms with E-state index in [1.807, 2.05) is 0 Å². The van der Waals surface area contributed by atoms with Crippen LogP contribution >= 0.6 is 0 Å². The molecular formula is C34H65N3O6S. The molecule has 0 bridgehead atoms. The third kappa shape index (κ3) is 8.20. The summed E-state index contributed by atoms with van der Waals surface area (Å²) in [4.78, 5) is 0. The van der Waals surface area contributed by atoms with Crippen LogP contribution in [0, 0.1) is 46.3 Å². The summed E-state index contributed by atoms with van der Waals surface area (Å²) in [6.07, 6.45) is 12.6. The highest BCUT2D eigenvalue weighted by molar-refractivity contribution is 7.80. The zero-order valence-electron chi connectivity index (χ0n) is 28.3. The lowest BCUT2D eigenvalue weighted by Crippen LogP contribution is -2.59. The summed E-state index contributed by atoms with van der Waals surface area (Å²) in [5.74, 6) is 2.94. The van der Waals surface area contributed by atoms with Gasteiger partial charge in [-0.2, -0.15) is 8.42 Å². The van der Waals surface area contributed by atoms with Gasteiger partial charge in [0, 0.05) is 6.04 Å². The lowest BCUT2D eigenvalue weighted by atomic mass is 9.43. The Hall–Kier alpha value is -0.330. The minimum atomic E-state index is -4.64. The second-order valence-electron chi connectivity index (χ2n) is 16.2. The van der Waals surface area contributed by atoms with E-state index in [2.05, 4.69) is 31.4 Å². The van der Waals surface area contributed by atoms with Gasteiger partial charge in [-0.3, -0.25) is 4.55 Å². The SMILES string of the molecule is CC(CCC(O)C(C)(C)OS(=O)(=O)O)[C@H]1CCC2C3C(CC[C@@]21C)[C@@]1(C)CC[C@H](NCCCNCCCCN)C[C@@H]1C[C@H]3O. The second kappa shape index (κ2) is 14.8. The molecule has 7 N–H and O–H groups in total. The normalized spacial score (nSPS) is 38.9. The summed E-state index contributed by atoms with van der Waals surface area (Å²) in [6.45, 7) is 14.2. The first kappa shape index (κ1) is 36.5. The van der Waals surface area contributed by atoms with Crippen LogP contribution in [-0.2, 0) is 14.6 Å². The van der Waals surface area contributed by atoms with Gasteiger partial charge in [0.05, 0.1) is 12.2 Å². The van der Waals surface area contributed by atoms with E-state index in [4.69, 9.17) is 14.5 Å². The summed E-state index contributed by atoms with van der Waals surface area (Å²) in [5, 5.41) is 29.9. The van der Waals surface area contributed by atoms with Crippen molar-refractivity contribution < 1.29 is 27.4 Å². The van der Waals surface area contributed by atoms with Crippen LogP contribution in [0.2, 0.25) is 0 Å². The van der Waals surface area contributed by atoms with Gasteiger partial charge in [0.1, 0.15) is 5.60 Å². The van der Waals surface area contributed by atoms with Crippen LogP contribution in [0.25, 0.3) is 0 Å². The largest absolute Gasteiger partial charge is 0.397 e. The van der Waals surface area contributed by atoms with E-state index in [0.717, 1.165) is 71.1 Å². The van der Waals surface area contributed by atoms with Crippen molar-refractivity contribution in [2.75, 3.05) is 26.2 Å². The lowest BCUT2D eigenvalue weighted by Gasteiger charge is -2.62. The third-order valence-electron chi connectivity index (χ3n) is 13.2.